The number of carbonyl (C=O) groups is 2. The van der Waals surface area contributed by atoms with E-state index in [1.54, 1.807) is 46.3 Å². The van der Waals surface area contributed by atoms with E-state index >= 15 is 0 Å². The van der Waals surface area contributed by atoms with E-state index in [9.17, 15) is 14.0 Å². The standard InChI is InChI=1S/C23H20FN5O3S/c1-14-27-20(21(32-14)15-5-4-6-16(24)11-15)23(31)29-9-10-33-19(29)13-26-22(30)17-12-25-18-7-2-3-8-28(17)18/h2-8,11-12,19H,9-10,13H2,1H3,(H,26,30). The number of hydrogen-bond donors (Lipinski definition) is 1. The van der Waals surface area contributed by atoms with Gasteiger partial charge in [0.2, 0.25) is 0 Å². The molecule has 2 amide bonds. The fourth-order valence-corrected chi connectivity index (χ4v) is 4.98. The van der Waals surface area contributed by atoms with E-state index in [4.69, 9.17) is 4.42 Å². The maximum absolute atomic E-state index is 13.7. The van der Waals surface area contributed by atoms with E-state index in [1.165, 1.54) is 18.3 Å². The summed E-state index contributed by atoms with van der Waals surface area (Å²) in [4.78, 5) is 36.3. The molecule has 1 N–H and O–H groups in total. The van der Waals surface area contributed by atoms with Gasteiger partial charge in [-0.3, -0.25) is 14.0 Å². The molecule has 33 heavy (non-hydrogen) atoms. The quantitative estimate of drug-likeness (QED) is 0.486. The lowest BCUT2D eigenvalue weighted by molar-refractivity contribution is 0.0746. The van der Waals surface area contributed by atoms with Crippen LogP contribution >= 0.6 is 11.8 Å². The second kappa shape index (κ2) is 8.70. The highest BCUT2D eigenvalue weighted by Crippen LogP contribution is 2.30. The predicted molar refractivity (Wildman–Crippen MR) is 121 cm³/mol. The number of amides is 2. The van der Waals surface area contributed by atoms with E-state index in [-0.39, 0.29) is 35.2 Å². The summed E-state index contributed by atoms with van der Waals surface area (Å²) < 4.78 is 21.1. The molecule has 168 valence electrons. The van der Waals surface area contributed by atoms with Crippen molar-refractivity contribution in [1.82, 2.24) is 24.6 Å². The van der Waals surface area contributed by atoms with Crippen molar-refractivity contribution in [2.24, 2.45) is 0 Å². The molecule has 1 saturated heterocycles. The van der Waals surface area contributed by atoms with E-state index in [1.807, 2.05) is 18.2 Å². The van der Waals surface area contributed by atoms with Gasteiger partial charge in [-0.15, -0.1) is 11.8 Å². The Morgan fingerprint density at radius 1 is 1.27 bits per heavy atom. The fourth-order valence-electron chi connectivity index (χ4n) is 3.83. The first-order valence-electron chi connectivity index (χ1n) is 10.4. The normalized spacial score (nSPS) is 15.8. The van der Waals surface area contributed by atoms with Crippen LogP contribution in [0.3, 0.4) is 0 Å². The Morgan fingerprint density at radius 3 is 3.00 bits per heavy atom. The number of nitrogens with zero attached hydrogens (tertiary/aromatic N) is 4. The van der Waals surface area contributed by atoms with Crippen molar-refractivity contribution in [3.63, 3.8) is 0 Å². The second-order valence-electron chi connectivity index (χ2n) is 7.53. The van der Waals surface area contributed by atoms with E-state index in [2.05, 4.69) is 15.3 Å². The Morgan fingerprint density at radius 2 is 2.15 bits per heavy atom. The highest BCUT2D eigenvalue weighted by molar-refractivity contribution is 8.00. The molecule has 1 aliphatic heterocycles. The van der Waals surface area contributed by atoms with E-state index < -0.39 is 5.82 Å². The number of thioether (sulfide) groups is 1. The summed E-state index contributed by atoms with van der Waals surface area (Å²) in [5.41, 5.74) is 1.69. The number of aromatic nitrogens is 3. The first-order chi connectivity index (χ1) is 16.0. The van der Waals surface area contributed by atoms with Gasteiger partial charge in [0.25, 0.3) is 11.8 Å². The van der Waals surface area contributed by atoms with E-state index in [0.29, 0.717) is 29.3 Å². The zero-order valence-corrected chi connectivity index (χ0v) is 18.5. The van der Waals surface area contributed by atoms with Crippen molar-refractivity contribution in [3.05, 3.63) is 78.0 Å². The van der Waals surface area contributed by atoms with Gasteiger partial charge >= 0.3 is 0 Å². The highest BCUT2D eigenvalue weighted by atomic mass is 32.2. The number of carbonyl (C=O) groups excluding carboxylic acids is 2. The Bertz CT molecular complexity index is 1350. The van der Waals surface area contributed by atoms with Crippen LogP contribution < -0.4 is 5.32 Å². The molecular weight excluding hydrogens is 445 g/mol. The molecule has 1 fully saturated rings. The van der Waals surface area contributed by atoms with Crippen molar-refractivity contribution >= 4 is 29.2 Å². The number of rotatable bonds is 5. The zero-order chi connectivity index (χ0) is 22.9. The summed E-state index contributed by atoms with van der Waals surface area (Å²) in [5, 5.41) is 2.64. The first-order valence-corrected chi connectivity index (χ1v) is 11.4. The third-order valence-electron chi connectivity index (χ3n) is 5.36. The number of nitrogens with one attached hydrogen (secondary N) is 1. The molecule has 1 aromatic carbocycles. The minimum Gasteiger partial charge on any atom is -0.440 e. The first kappa shape index (κ1) is 21.2. The van der Waals surface area contributed by atoms with Gasteiger partial charge in [0.1, 0.15) is 17.2 Å². The van der Waals surface area contributed by atoms with Gasteiger partial charge in [0.05, 0.1) is 11.6 Å². The van der Waals surface area contributed by atoms with E-state index in [0.717, 1.165) is 5.75 Å². The van der Waals surface area contributed by atoms with Crippen molar-refractivity contribution < 1.29 is 18.4 Å². The van der Waals surface area contributed by atoms with Gasteiger partial charge in [0.15, 0.2) is 17.3 Å². The third-order valence-corrected chi connectivity index (χ3v) is 6.59. The molecule has 0 spiro atoms. The van der Waals surface area contributed by atoms with Gasteiger partial charge in [-0.2, -0.15) is 0 Å². The molecule has 0 radical (unpaired) electrons. The number of aryl methyl sites for hydroxylation is 1. The SMILES string of the molecule is Cc1nc(C(=O)N2CCSC2CNC(=O)c2cnc3ccccn23)c(-c2cccc(F)c2)o1. The molecule has 0 saturated carbocycles. The van der Waals surface area contributed by atoms with Gasteiger partial charge in [-0.05, 0) is 24.3 Å². The van der Waals surface area contributed by atoms with Gasteiger partial charge in [-0.25, -0.2) is 14.4 Å². The second-order valence-corrected chi connectivity index (χ2v) is 8.81. The molecule has 10 heteroatoms. The lowest BCUT2D eigenvalue weighted by Gasteiger charge is -2.23. The fraction of sp³-hybridized carbons (Fsp3) is 0.217. The van der Waals surface area contributed by atoms with Crippen LogP contribution in [0.25, 0.3) is 17.0 Å². The Balaban J connectivity index is 1.33. The Labute approximate surface area is 192 Å². The van der Waals surface area contributed by atoms with Crippen LogP contribution in [0, 0.1) is 12.7 Å². The number of fused-ring (bicyclic) bond motifs is 1. The monoisotopic (exact) mass is 465 g/mol. The number of pyridine rings is 1. The maximum Gasteiger partial charge on any atom is 0.277 e. The largest absolute Gasteiger partial charge is 0.440 e. The molecule has 1 atom stereocenters. The van der Waals surface area contributed by atoms with Crippen molar-refractivity contribution in [2.75, 3.05) is 18.8 Å². The summed E-state index contributed by atoms with van der Waals surface area (Å²) in [5.74, 6) is 0.277. The number of imidazole rings is 1. The Hall–Kier alpha value is -3.66. The summed E-state index contributed by atoms with van der Waals surface area (Å²) in [7, 11) is 0. The maximum atomic E-state index is 13.7. The van der Waals surface area contributed by atoms with Crippen LogP contribution in [0.15, 0.2) is 59.3 Å². The van der Waals surface area contributed by atoms with Crippen LogP contribution in [0.2, 0.25) is 0 Å². The number of halogens is 1. The van der Waals surface area contributed by atoms with Crippen LogP contribution in [0.4, 0.5) is 4.39 Å². The Kier molecular flexibility index (Phi) is 5.59. The smallest absolute Gasteiger partial charge is 0.277 e. The average Bonchev–Trinajstić information content (AvgIpc) is 3.55. The minimum absolute atomic E-state index is 0.138. The van der Waals surface area contributed by atoms with Crippen molar-refractivity contribution in [3.8, 4) is 11.3 Å². The summed E-state index contributed by atoms with van der Waals surface area (Å²) >= 11 is 1.58. The lowest BCUT2D eigenvalue weighted by atomic mass is 10.1. The molecule has 8 nitrogen and oxygen atoms in total. The van der Waals surface area contributed by atoms with Crippen LogP contribution in [-0.2, 0) is 0 Å². The third kappa shape index (κ3) is 4.09. The van der Waals surface area contributed by atoms with Crippen molar-refractivity contribution in [1.29, 1.82) is 0 Å². The predicted octanol–water partition coefficient (Wildman–Crippen LogP) is 3.38. The van der Waals surface area contributed by atoms with Gasteiger partial charge < -0.3 is 14.6 Å². The summed E-state index contributed by atoms with van der Waals surface area (Å²) in [6, 6.07) is 11.4. The van der Waals surface area contributed by atoms with Crippen LogP contribution in [0.5, 0.6) is 0 Å². The van der Waals surface area contributed by atoms with Crippen molar-refractivity contribution in [2.45, 2.75) is 12.3 Å². The highest BCUT2D eigenvalue weighted by Gasteiger charge is 2.34. The van der Waals surface area contributed by atoms with Crippen LogP contribution in [0.1, 0.15) is 26.9 Å². The molecule has 4 heterocycles. The molecular formula is C23H20FN5O3S. The van der Waals surface area contributed by atoms with Crippen LogP contribution in [-0.4, -0.2) is 55.3 Å². The number of oxazole rings is 1. The molecule has 1 unspecified atom stereocenters. The average molecular weight is 466 g/mol. The topological polar surface area (TPSA) is 92.7 Å². The molecule has 1 aliphatic rings. The lowest BCUT2D eigenvalue weighted by Crippen LogP contribution is -2.42. The molecule has 0 aliphatic carbocycles. The van der Waals surface area contributed by atoms with Gasteiger partial charge in [0, 0.05) is 37.5 Å². The molecule has 3 aromatic heterocycles. The zero-order valence-electron chi connectivity index (χ0n) is 17.7. The molecule has 4 aromatic rings. The molecule has 0 bridgehead atoms. The van der Waals surface area contributed by atoms with Gasteiger partial charge in [-0.1, -0.05) is 18.2 Å². The minimum atomic E-state index is -0.426. The molecule has 5 rings (SSSR count). The number of hydrogen-bond acceptors (Lipinski definition) is 6. The summed E-state index contributed by atoms with van der Waals surface area (Å²) in [6.45, 7) is 2.42. The number of benzene rings is 1. The summed E-state index contributed by atoms with van der Waals surface area (Å²) in [6.07, 6.45) is 3.30.